The second kappa shape index (κ2) is 4.97. The fraction of sp³-hybridized carbons (Fsp3) is 0.143. The Bertz CT molecular complexity index is 658. The largest absolute Gasteiger partial charge is 0.467 e. The number of furan rings is 1. The van der Waals surface area contributed by atoms with Crippen molar-refractivity contribution in [2.75, 3.05) is 5.32 Å². The van der Waals surface area contributed by atoms with E-state index in [2.05, 4.69) is 15.5 Å². The molecule has 96 valence electrons. The van der Waals surface area contributed by atoms with E-state index >= 15 is 0 Å². The number of nitrogens with zero attached hydrogens (tertiary/aromatic N) is 3. The van der Waals surface area contributed by atoms with E-state index < -0.39 is 0 Å². The lowest BCUT2D eigenvalue weighted by molar-refractivity contribution is 0.515. The second-order valence-electron chi connectivity index (χ2n) is 4.30. The lowest BCUT2D eigenvalue weighted by Gasteiger charge is -2.07. The number of benzene rings is 1. The van der Waals surface area contributed by atoms with Gasteiger partial charge in [-0.2, -0.15) is 0 Å². The van der Waals surface area contributed by atoms with E-state index in [4.69, 9.17) is 4.42 Å². The van der Waals surface area contributed by atoms with Crippen molar-refractivity contribution in [3.8, 4) is 5.69 Å². The van der Waals surface area contributed by atoms with Crippen LogP contribution in [0.2, 0.25) is 0 Å². The zero-order valence-corrected chi connectivity index (χ0v) is 10.6. The number of hydrogen-bond donors (Lipinski definition) is 1. The van der Waals surface area contributed by atoms with Gasteiger partial charge in [0.25, 0.3) is 0 Å². The van der Waals surface area contributed by atoms with Crippen molar-refractivity contribution in [3.05, 3.63) is 60.6 Å². The molecule has 19 heavy (non-hydrogen) atoms. The molecule has 5 nitrogen and oxygen atoms in total. The molecule has 5 heteroatoms. The van der Waals surface area contributed by atoms with Crippen LogP contribution in [0.15, 0.2) is 53.7 Å². The maximum absolute atomic E-state index is 5.40. The molecule has 2 aromatic heterocycles. The molecule has 1 aromatic carbocycles. The average molecular weight is 254 g/mol. The summed E-state index contributed by atoms with van der Waals surface area (Å²) in [7, 11) is 0. The summed E-state index contributed by atoms with van der Waals surface area (Å²) >= 11 is 0. The first-order valence-electron chi connectivity index (χ1n) is 6.05. The summed E-state index contributed by atoms with van der Waals surface area (Å²) in [6, 6.07) is 10.0. The summed E-state index contributed by atoms with van der Waals surface area (Å²) in [5.74, 6) is 0.953. The van der Waals surface area contributed by atoms with Crippen molar-refractivity contribution in [2.24, 2.45) is 0 Å². The number of hydrogen-bond acceptors (Lipinski definition) is 4. The first-order valence-corrected chi connectivity index (χ1v) is 6.05. The molecular formula is C14H14N4O. The van der Waals surface area contributed by atoms with Crippen LogP contribution in [0.5, 0.6) is 0 Å². The van der Waals surface area contributed by atoms with Gasteiger partial charge in [0.15, 0.2) is 0 Å². The SMILES string of the molecule is Cc1ccoc1CNc1cccc(-n2cnnc2)c1. The molecule has 0 atom stereocenters. The Hall–Kier alpha value is -2.56. The van der Waals surface area contributed by atoms with Gasteiger partial charge in [-0.1, -0.05) is 6.07 Å². The molecule has 0 bridgehead atoms. The monoisotopic (exact) mass is 254 g/mol. The minimum Gasteiger partial charge on any atom is -0.467 e. The van der Waals surface area contributed by atoms with Crippen LogP contribution in [0.4, 0.5) is 5.69 Å². The number of aryl methyl sites for hydroxylation is 1. The van der Waals surface area contributed by atoms with Crippen molar-refractivity contribution in [2.45, 2.75) is 13.5 Å². The van der Waals surface area contributed by atoms with Crippen LogP contribution >= 0.6 is 0 Å². The van der Waals surface area contributed by atoms with Gasteiger partial charge in [0.2, 0.25) is 0 Å². The molecule has 0 saturated heterocycles. The Labute approximate surface area is 110 Å². The quantitative estimate of drug-likeness (QED) is 0.777. The molecule has 0 aliphatic rings. The van der Waals surface area contributed by atoms with Crippen molar-refractivity contribution in [3.63, 3.8) is 0 Å². The summed E-state index contributed by atoms with van der Waals surface area (Å²) < 4.78 is 7.27. The Morgan fingerprint density at radius 1 is 1.21 bits per heavy atom. The van der Waals surface area contributed by atoms with Crippen LogP contribution < -0.4 is 5.32 Å². The molecule has 0 aliphatic carbocycles. The molecule has 0 amide bonds. The van der Waals surface area contributed by atoms with Gasteiger partial charge in [0, 0.05) is 5.69 Å². The first-order chi connectivity index (χ1) is 9.33. The smallest absolute Gasteiger partial charge is 0.125 e. The minimum atomic E-state index is 0.671. The van der Waals surface area contributed by atoms with Crippen LogP contribution in [-0.4, -0.2) is 14.8 Å². The summed E-state index contributed by atoms with van der Waals surface area (Å²) in [6.07, 6.45) is 5.06. The fourth-order valence-corrected chi connectivity index (χ4v) is 1.88. The van der Waals surface area contributed by atoms with Crippen LogP contribution in [0, 0.1) is 6.92 Å². The van der Waals surface area contributed by atoms with E-state index in [1.807, 2.05) is 41.8 Å². The molecule has 0 spiro atoms. The lowest BCUT2D eigenvalue weighted by Crippen LogP contribution is -2.00. The Balaban J connectivity index is 1.75. The Morgan fingerprint density at radius 3 is 2.79 bits per heavy atom. The first kappa shape index (κ1) is 11.5. The highest BCUT2D eigenvalue weighted by atomic mass is 16.3. The summed E-state index contributed by atoms with van der Waals surface area (Å²) in [5.41, 5.74) is 3.20. The van der Waals surface area contributed by atoms with Crippen LogP contribution in [0.25, 0.3) is 5.69 Å². The molecule has 0 saturated carbocycles. The van der Waals surface area contributed by atoms with Gasteiger partial charge in [-0.3, -0.25) is 4.57 Å². The van der Waals surface area contributed by atoms with E-state index in [0.717, 1.165) is 22.7 Å². The standard InChI is InChI=1S/C14H14N4O/c1-11-5-6-19-14(11)8-15-12-3-2-4-13(7-12)18-9-16-17-10-18/h2-7,9-10,15H,8H2,1H3. The van der Waals surface area contributed by atoms with Gasteiger partial charge in [-0.25, -0.2) is 0 Å². The molecule has 1 N–H and O–H groups in total. The van der Waals surface area contributed by atoms with Crippen molar-refractivity contribution in [1.82, 2.24) is 14.8 Å². The third-order valence-corrected chi connectivity index (χ3v) is 2.98. The number of rotatable bonds is 4. The zero-order valence-electron chi connectivity index (χ0n) is 10.6. The number of anilines is 1. The predicted molar refractivity (Wildman–Crippen MR) is 72.1 cm³/mol. The lowest BCUT2D eigenvalue weighted by atomic mass is 10.2. The maximum atomic E-state index is 5.40. The van der Waals surface area contributed by atoms with Gasteiger partial charge in [-0.05, 0) is 36.8 Å². The summed E-state index contributed by atoms with van der Waals surface area (Å²) in [6.45, 7) is 2.71. The molecule has 0 unspecified atom stereocenters. The third kappa shape index (κ3) is 2.49. The van der Waals surface area contributed by atoms with E-state index in [0.29, 0.717) is 6.54 Å². The van der Waals surface area contributed by atoms with E-state index in [1.165, 1.54) is 0 Å². The van der Waals surface area contributed by atoms with Crippen LogP contribution in [0.3, 0.4) is 0 Å². The maximum Gasteiger partial charge on any atom is 0.125 e. The topological polar surface area (TPSA) is 55.9 Å². The van der Waals surface area contributed by atoms with Gasteiger partial charge >= 0.3 is 0 Å². The highest BCUT2D eigenvalue weighted by Crippen LogP contribution is 2.16. The minimum absolute atomic E-state index is 0.671. The number of aromatic nitrogens is 3. The second-order valence-corrected chi connectivity index (χ2v) is 4.30. The third-order valence-electron chi connectivity index (χ3n) is 2.98. The van der Waals surface area contributed by atoms with E-state index in [1.54, 1.807) is 18.9 Å². The van der Waals surface area contributed by atoms with Gasteiger partial charge in [0.05, 0.1) is 18.5 Å². The molecular weight excluding hydrogens is 240 g/mol. The van der Waals surface area contributed by atoms with Gasteiger partial charge in [0.1, 0.15) is 18.4 Å². The molecule has 3 rings (SSSR count). The average Bonchev–Trinajstić information content (AvgIpc) is 3.08. The normalized spacial score (nSPS) is 10.6. The summed E-state index contributed by atoms with van der Waals surface area (Å²) in [5, 5.41) is 11.0. The number of nitrogens with one attached hydrogen (secondary N) is 1. The van der Waals surface area contributed by atoms with Gasteiger partial charge in [-0.15, -0.1) is 10.2 Å². The van der Waals surface area contributed by atoms with Crippen LogP contribution in [-0.2, 0) is 6.54 Å². The van der Waals surface area contributed by atoms with E-state index in [-0.39, 0.29) is 0 Å². The summed E-state index contributed by atoms with van der Waals surface area (Å²) in [4.78, 5) is 0. The van der Waals surface area contributed by atoms with Crippen molar-refractivity contribution < 1.29 is 4.42 Å². The van der Waals surface area contributed by atoms with Crippen molar-refractivity contribution in [1.29, 1.82) is 0 Å². The molecule has 2 heterocycles. The highest BCUT2D eigenvalue weighted by Gasteiger charge is 2.02. The molecule has 0 radical (unpaired) electrons. The van der Waals surface area contributed by atoms with E-state index in [9.17, 15) is 0 Å². The Morgan fingerprint density at radius 2 is 2.05 bits per heavy atom. The van der Waals surface area contributed by atoms with Crippen molar-refractivity contribution >= 4 is 5.69 Å². The Kier molecular flexibility index (Phi) is 3.02. The van der Waals surface area contributed by atoms with Crippen LogP contribution in [0.1, 0.15) is 11.3 Å². The molecule has 3 aromatic rings. The predicted octanol–water partition coefficient (Wildman–Crippen LogP) is 2.78. The zero-order chi connectivity index (χ0) is 13.1. The van der Waals surface area contributed by atoms with Gasteiger partial charge < -0.3 is 9.73 Å². The highest BCUT2D eigenvalue weighted by molar-refractivity contribution is 5.51. The fourth-order valence-electron chi connectivity index (χ4n) is 1.88. The molecule has 0 aliphatic heterocycles. The molecule has 0 fully saturated rings.